The first-order valence-electron chi connectivity index (χ1n) is 9.30. The lowest BCUT2D eigenvalue weighted by molar-refractivity contribution is 0.0670. The van der Waals surface area contributed by atoms with E-state index in [9.17, 15) is 4.79 Å². The van der Waals surface area contributed by atoms with E-state index in [4.69, 9.17) is 18.9 Å². The van der Waals surface area contributed by atoms with Crippen molar-refractivity contribution < 1.29 is 23.7 Å². The number of amides is 1. The Kier molecular flexibility index (Phi) is 5.44. The molecular weight excluding hydrogens is 346 g/mol. The molecule has 1 unspecified atom stereocenters. The number of fused-ring (bicyclic) bond motifs is 1. The Hall–Kier alpha value is -2.73. The lowest BCUT2D eigenvalue weighted by atomic mass is 10.1. The Morgan fingerprint density at radius 3 is 2.78 bits per heavy atom. The van der Waals surface area contributed by atoms with Crippen molar-refractivity contribution in [2.24, 2.45) is 0 Å². The van der Waals surface area contributed by atoms with E-state index in [-0.39, 0.29) is 12.0 Å². The van der Waals surface area contributed by atoms with E-state index in [1.165, 1.54) is 0 Å². The summed E-state index contributed by atoms with van der Waals surface area (Å²) in [5.41, 5.74) is 1.47. The van der Waals surface area contributed by atoms with E-state index >= 15 is 0 Å². The van der Waals surface area contributed by atoms with Crippen LogP contribution < -0.4 is 19.5 Å². The van der Waals surface area contributed by atoms with Gasteiger partial charge in [0, 0.05) is 13.2 Å². The predicted octanol–water partition coefficient (Wildman–Crippen LogP) is 2.95. The van der Waals surface area contributed by atoms with Crippen LogP contribution in [-0.2, 0) is 11.3 Å². The van der Waals surface area contributed by atoms with E-state index in [1.54, 1.807) is 6.07 Å². The van der Waals surface area contributed by atoms with Crippen molar-refractivity contribution in [1.82, 2.24) is 5.32 Å². The lowest BCUT2D eigenvalue weighted by Gasteiger charge is -2.19. The second-order valence-corrected chi connectivity index (χ2v) is 6.60. The van der Waals surface area contributed by atoms with Crippen LogP contribution in [0.2, 0.25) is 0 Å². The molecule has 1 fully saturated rings. The van der Waals surface area contributed by atoms with Crippen LogP contribution in [0.5, 0.6) is 17.2 Å². The number of para-hydroxylation sites is 1. The fourth-order valence-electron chi connectivity index (χ4n) is 3.21. The SMILES string of the molecule is O=C(NCc1ccc2c(c1)OCCO2)c1ccccc1OCC1CCCO1. The molecule has 2 aliphatic rings. The summed E-state index contributed by atoms with van der Waals surface area (Å²) in [5, 5.41) is 2.94. The van der Waals surface area contributed by atoms with Gasteiger partial charge in [0.05, 0.1) is 11.7 Å². The molecule has 1 amide bonds. The van der Waals surface area contributed by atoms with Gasteiger partial charge < -0.3 is 24.3 Å². The number of ether oxygens (including phenoxy) is 4. The van der Waals surface area contributed by atoms with Crippen molar-refractivity contribution in [3.8, 4) is 17.2 Å². The second-order valence-electron chi connectivity index (χ2n) is 6.60. The van der Waals surface area contributed by atoms with Crippen LogP contribution in [0.3, 0.4) is 0 Å². The number of nitrogens with one attached hydrogen (secondary N) is 1. The molecule has 1 saturated heterocycles. The van der Waals surface area contributed by atoms with Crippen LogP contribution >= 0.6 is 0 Å². The molecule has 1 N–H and O–H groups in total. The zero-order valence-corrected chi connectivity index (χ0v) is 15.1. The highest BCUT2D eigenvalue weighted by Crippen LogP contribution is 2.30. The second kappa shape index (κ2) is 8.31. The van der Waals surface area contributed by atoms with Crippen molar-refractivity contribution >= 4 is 5.91 Å². The summed E-state index contributed by atoms with van der Waals surface area (Å²) in [6, 6.07) is 13.0. The molecule has 2 aliphatic heterocycles. The Labute approximate surface area is 158 Å². The number of hydrogen-bond donors (Lipinski definition) is 1. The number of carbonyl (C=O) groups excluding carboxylic acids is 1. The van der Waals surface area contributed by atoms with Gasteiger partial charge >= 0.3 is 0 Å². The topological polar surface area (TPSA) is 66.0 Å². The highest BCUT2D eigenvalue weighted by molar-refractivity contribution is 5.96. The van der Waals surface area contributed by atoms with Crippen molar-refractivity contribution in [2.45, 2.75) is 25.5 Å². The van der Waals surface area contributed by atoms with Crippen LogP contribution in [-0.4, -0.2) is 38.4 Å². The minimum Gasteiger partial charge on any atom is -0.490 e. The highest BCUT2D eigenvalue weighted by atomic mass is 16.6. The van der Waals surface area contributed by atoms with E-state index < -0.39 is 0 Å². The molecule has 4 rings (SSSR count). The summed E-state index contributed by atoms with van der Waals surface area (Å²) in [6.07, 6.45) is 2.17. The van der Waals surface area contributed by atoms with Gasteiger partial charge in [-0.15, -0.1) is 0 Å². The van der Waals surface area contributed by atoms with Crippen molar-refractivity contribution in [1.29, 1.82) is 0 Å². The Morgan fingerprint density at radius 1 is 1.07 bits per heavy atom. The van der Waals surface area contributed by atoms with Crippen molar-refractivity contribution in [2.75, 3.05) is 26.4 Å². The molecule has 2 aromatic carbocycles. The summed E-state index contributed by atoms with van der Waals surface area (Å²) in [6.45, 7) is 2.75. The van der Waals surface area contributed by atoms with E-state index in [1.807, 2.05) is 36.4 Å². The smallest absolute Gasteiger partial charge is 0.255 e. The van der Waals surface area contributed by atoms with Crippen molar-refractivity contribution in [3.05, 3.63) is 53.6 Å². The molecule has 142 valence electrons. The third-order valence-corrected chi connectivity index (χ3v) is 4.64. The first kappa shape index (κ1) is 17.7. The van der Waals surface area contributed by atoms with Gasteiger partial charge in [-0.2, -0.15) is 0 Å². The zero-order valence-electron chi connectivity index (χ0n) is 15.1. The third kappa shape index (κ3) is 4.34. The van der Waals surface area contributed by atoms with Crippen molar-refractivity contribution in [3.63, 3.8) is 0 Å². The van der Waals surface area contributed by atoms with Gasteiger partial charge in [0.15, 0.2) is 11.5 Å². The molecule has 0 aliphatic carbocycles. The quantitative estimate of drug-likeness (QED) is 0.848. The van der Waals surface area contributed by atoms with E-state index in [0.717, 1.165) is 30.8 Å². The van der Waals surface area contributed by atoms with Crippen LogP contribution in [0.15, 0.2) is 42.5 Å². The molecule has 0 bridgehead atoms. The minimum absolute atomic E-state index is 0.110. The first-order chi connectivity index (χ1) is 13.3. The maximum absolute atomic E-state index is 12.6. The maximum atomic E-state index is 12.6. The molecule has 2 heterocycles. The zero-order chi connectivity index (χ0) is 18.5. The lowest BCUT2D eigenvalue weighted by Crippen LogP contribution is -2.24. The van der Waals surface area contributed by atoms with Crippen LogP contribution in [0.25, 0.3) is 0 Å². The van der Waals surface area contributed by atoms with Crippen LogP contribution in [0, 0.1) is 0 Å². The molecule has 6 nitrogen and oxygen atoms in total. The molecule has 27 heavy (non-hydrogen) atoms. The van der Waals surface area contributed by atoms with Gasteiger partial charge in [-0.25, -0.2) is 0 Å². The molecule has 0 radical (unpaired) electrons. The molecule has 0 aromatic heterocycles. The predicted molar refractivity (Wildman–Crippen MR) is 99.5 cm³/mol. The minimum atomic E-state index is -0.173. The summed E-state index contributed by atoms with van der Waals surface area (Å²) in [7, 11) is 0. The van der Waals surface area contributed by atoms with Gasteiger partial charge in [-0.05, 0) is 42.7 Å². The fourth-order valence-corrected chi connectivity index (χ4v) is 3.21. The molecular formula is C21H23NO5. The van der Waals surface area contributed by atoms with Gasteiger partial charge in [0.25, 0.3) is 5.91 Å². The summed E-state index contributed by atoms with van der Waals surface area (Å²) < 4.78 is 22.5. The van der Waals surface area contributed by atoms with Gasteiger partial charge in [-0.1, -0.05) is 18.2 Å². The average Bonchev–Trinajstić information content (AvgIpc) is 3.24. The normalized spacial score (nSPS) is 18.1. The Balaban J connectivity index is 1.38. The molecule has 0 saturated carbocycles. The molecule has 2 aromatic rings. The Bertz CT molecular complexity index is 801. The summed E-state index contributed by atoms with van der Waals surface area (Å²) in [4.78, 5) is 12.6. The van der Waals surface area contributed by atoms with Gasteiger partial charge in [0.2, 0.25) is 0 Å². The van der Waals surface area contributed by atoms with Crippen LogP contribution in [0.1, 0.15) is 28.8 Å². The molecule has 6 heteroatoms. The standard InChI is InChI=1S/C21H23NO5/c23-21(22-13-15-7-8-19-20(12-15)26-11-10-25-19)17-5-1-2-6-18(17)27-14-16-4-3-9-24-16/h1-2,5-8,12,16H,3-4,9-11,13-14H2,(H,22,23). The largest absolute Gasteiger partial charge is 0.490 e. The average molecular weight is 369 g/mol. The van der Waals surface area contributed by atoms with Gasteiger partial charge in [-0.3, -0.25) is 4.79 Å². The number of rotatable bonds is 6. The van der Waals surface area contributed by atoms with Crippen LogP contribution in [0.4, 0.5) is 0 Å². The monoisotopic (exact) mass is 369 g/mol. The molecule has 1 atom stereocenters. The summed E-state index contributed by atoms with van der Waals surface area (Å²) in [5.74, 6) is 1.86. The highest BCUT2D eigenvalue weighted by Gasteiger charge is 2.18. The fraction of sp³-hybridized carbons (Fsp3) is 0.381. The summed E-state index contributed by atoms with van der Waals surface area (Å²) >= 11 is 0. The third-order valence-electron chi connectivity index (χ3n) is 4.64. The van der Waals surface area contributed by atoms with Gasteiger partial charge in [0.1, 0.15) is 25.6 Å². The number of carbonyl (C=O) groups is 1. The molecule has 0 spiro atoms. The van der Waals surface area contributed by atoms with E-state index in [2.05, 4.69) is 5.32 Å². The first-order valence-corrected chi connectivity index (χ1v) is 9.30. The maximum Gasteiger partial charge on any atom is 0.255 e. The van der Waals surface area contributed by atoms with E-state index in [0.29, 0.717) is 43.4 Å². The number of benzene rings is 2. The number of hydrogen-bond acceptors (Lipinski definition) is 5. The Morgan fingerprint density at radius 2 is 1.93 bits per heavy atom.